The number of ether oxygens (including phenoxy) is 1. The standard InChI is InChI=1S/C8H17NO3/c1-2-3-6-12-8(11)7(10)4-5-9/h7,10H,2-6,9H2,1H3. The van der Waals surface area contributed by atoms with Gasteiger partial charge in [-0.3, -0.25) is 0 Å². The minimum absolute atomic E-state index is 0.269. The zero-order valence-electron chi connectivity index (χ0n) is 7.45. The molecule has 0 radical (unpaired) electrons. The third-order valence-electron chi connectivity index (χ3n) is 1.45. The van der Waals surface area contributed by atoms with E-state index in [-0.39, 0.29) is 6.42 Å². The number of hydrogen-bond donors (Lipinski definition) is 2. The Labute approximate surface area is 72.7 Å². The van der Waals surface area contributed by atoms with E-state index in [1.165, 1.54) is 0 Å². The van der Waals surface area contributed by atoms with Gasteiger partial charge in [-0.2, -0.15) is 0 Å². The Kier molecular flexibility index (Phi) is 6.70. The van der Waals surface area contributed by atoms with E-state index < -0.39 is 12.1 Å². The molecule has 0 rings (SSSR count). The summed E-state index contributed by atoms with van der Waals surface area (Å²) in [6.45, 7) is 2.69. The predicted octanol–water partition coefficient (Wildman–Crippen LogP) is 0.0394. The van der Waals surface area contributed by atoms with E-state index in [0.717, 1.165) is 12.8 Å². The van der Waals surface area contributed by atoms with Crippen LogP contribution in [-0.2, 0) is 9.53 Å². The van der Waals surface area contributed by atoms with Gasteiger partial charge in [0.05, 0.1) is 6.61 Å². The third-order valence-corrected chi connectivity index (χ3v) is 1.45. The molecule has 0 fully saturated rings. The highest BCUT2D eigenvalue weighted by molar-refractivity contribution is 5.74. The molecule has 0 saturated carbocycles. The maximum absolute atomic E-state index is 10.9. The average Bonchev–Trinajstić information content (AvgIpc) is 2.05. The molecule has 0 spiro atoms. The molecule has 0 aliphatic rings. The number of carbonyl (C=O) groups is 1. The molecule has 0 amide bonds. The van der Waals surface area contributed by atoms with Crippen molar-refractivity contribution in [2.45, 2.75) is 32.3 Å². The van der Waals surface area contributed by atoms with E-state index in [4.69, 9.17) is 15.6 Å². The minimum Gasteiger partial charge on any atom is -0.464 e. The first kappa shape index (κ1) is 11.4. The number of hydrogen-bond acceptors (Lipinski definition) is 4. The van der Waals surface area contributed by atoms with Gasteiger partial charge >= 0.3 is 5.97 Å². The quantitative estimate of drug-likeness (QED) is 0.441. The molecule has 0 saturated heterocycles. The van der Waals surface area contributed by atoms with Crippen LogP contribution < -0.4 is 5.73 Å². The largest absolute Gasteiger partial charge is 0.464 e. The Balaban J connectivity index is 3.43. The van der Waals surface area contributed by atoms with E-state index in [1.807, 2.05) is 6.92 Å². The number of rotatable bonds is 6. The number of aliphatic hydroxyl groups is 1. The van der Waals surface area contributed by atoms with Gasteiger partial charge in [-0.1, -0.05) is 13.3 Å². The van der Waals surface area contributed by atoms with E-state index in [2.05, 4.69) is 0 Å². The second-order valence-electron chi connectivity index (χ2n) is 2.61. The smallest absolute Gasteiger partial charge is 0.335 e. The highest BCUT2D eigenvalue weighted by Crippen LogP contribution is 1.95. The molecule has 1 unspecified atom stereocenters. The van der Waals surface area contributed by atoms with Crippen molar-refractivity contribution in [3.8, 4) is 0 Å². The van der Waals surface area contributed by atoms with Gasteiger partial charge in [0.15, 0.2) is 6.10 Å². The van der Waals surface area contributed by atoms with Crippen molar-refractivity contribution in [3.05, 3.63) is 0 Å². The molecule has 12 heavy (non-hydrogen) atoms. The fourth-order valence-electron chi connectivity index (χ4n) is 0.689. The van der Waals surface area contributed by atoms with Gasteiger partial charge < -0.3 is 15.6 Å². The van der Waals surface area contributed by atoms with Crippen LogP contribution in [0.1, 0.15) is 26.2 Å². The van der Waals surface area contributed by atoms with E-state index >= 15 is 0 Å². The highest BCUT2D eigenvalue weighted by Gasteiger charge is 2.14. The average molecular weight is 175 g/mol. The number of esters is 1. The normalized spacial score (nSPS) is 12.6. The number of nitrogens with two attached hydrogens (primary N) is 1. The Morgan fingerprint density at radius 1 is 1.67 bits per heavy atom. The van der Waals surface area contributed by atoms with Crippen LogP contribution in [-0.4, -0.2) is 30.3 Å². The summed E-state index contributed by atoms with van der Waals surface area (Å²) in [7, 11) is 0. The van der Waals surface area contributed by atoms with Crippen LogP contribution >= 0.6 is 0 Å². The fraction of sp³-hybridized carbons (Fsp3) is 0.875. The zero-order valence-corrected chi connectivity index (χ0v) is 7.45. The topological polar surface area (TPSA) is 72.5 Å². The van der Waals surface area contributed by atoms with Crippen LogP contribution in [0.2, 0.25) is 0 Å². The molecule has 0 heterocycles. The van der Waals surface area contributed by atoms with Crippen molar-refractivity contribution >= 4 is 5.97 Å². The fourth-order valence-corrected chi connectivity index (χ4v) is 0.689. The van der Waals surface area contributed by atoms with Crippen molar-refractivity contribution in [2.75, 3.05) is 13.2 Å². The van der Waals surface area contributed by atoms with Crippen molar-refractivity contribution in [1.29, 1.82) is 0 Å². The van der Waals surface area contributed by atoms with E-state index in [0.29, 0.717) is 13.2 Å². The summed E-state index contributed by atoms with van der Waals surface area (Å²) in [6.07, 6.45) is 1.03. The van der Waals surface area contributed by atoms with Crippen LogP contribution in [0.4, 0.5) is 0 Å². The first-order valence-corrected chi connectivity index (χ1v) is 4.27. The molecule has 4 heteroatoms. The first-order valence-electron chi connectivity index (χ1n) is 4.27. The summed E-state index contributed by atoms with van der Waals surface area (Å²) < 4.78 is 4.75. The number of aliphatic hydroxyl groups excluding tert-OH is 1. The molecule has 1 atom stereocenters. The van der Waals surface area contributed by atoms with E-state index in [1.54, 1.807) is 0 Å². The van der Waals surface area contributed by atoms with Gasteiger partial charge in [-0.05, 0) is 19.4 Å². The van der Waals surface area contributed by atoms with Crippen LogP contribution in [0.25, 0.3) is 0 Å². The zero-order chi connectivity index (χ0) is 9.40. The Morgan fingerprint density at radius 2 is 2.33 bits per heavy atom. The summed E-state index contributed by atoms with van der Waals surface area (Å²) in [5, 5.41) is 9.06. The second kappa shape index (κ2) is 7.06. The summed E-state index contributed by atoms with van der Waals surface area (Å²) in [6, 6.07) is 0. The molecule has 0 aromatic rings. The molecule has 0 bridgehead atoms. The molecular formula is C8H17NO3. The monoisotopic (exact) mass is 175 g/mol. The molecule has 4 nitrogen and oxygen atoms in total. The summed E-state index contributed by atoms with van der Waals surface area (Å²) in [5.41, 5.74) is 5.15. The highest BCUT2D eigenvalue weighted by atomic mass is 16.5. The lowest BCUT2D eigenvalue weighted by molar-refractivity contribution is -0.153. The second-order valence-corrected chi connectivity index (χ2v) is 2.61. The molecule has 0 aliphatic carbocycles. The maximum atomic E-state index is 10.9. The van der Waals surface area contributed by atoms with Gasteiger partial charge in [0, 0.05) is 0 Å². The summed E-state index contributed by atoms with van der Waals surface area (Å²) >= 11 is 0. The van der Waals surface area contributed by atoms with Gasteiger partial charge in [-0.15, -0.1) is 0 Å². The van der Waals surface area contributed by atoms with Crippen LogP contribution in [0, 0.1) is 0 Å². The summed E-state index contributed by atoms with van der Waals surface area (Å²) in [4.78, 5) is 10.9. The van der Waals surface area contributed by atoms with Crippen molar-refractivity contribution in [3.63, 3.8) is 0 Å². The Hall–Kier alpha value is -0.610. The van der Waals surface area contributed by atoms with Gasteiger partial charge in [0.1, 0.15) is 0 Å². The Morgan fingerprint density at radius 3 is 2.83 bits per heavy atom. The summed E-state index contributed by atoms with van der Waals surface area (Å²) in [5.74, 6) is -0.561. The third kappa shape index (κ3) is 5.09. The van der Waals surface area contributed by atoms with Gasteiger partial charge in [-0.25, -0.2) is 4.79 Å². The molecule has 72 valence electrons. The van der Waals surface area contributed by atoms with Crippen LogP contribution in [0.3, 0.4) is 0 Å². The lowest BCUT2D eigenvalue weighted by Gasteiger charge is -2.08. The van der Waals surface area contributed by atoms with Crippen LogP contribution in [0.5, 0.6) is 0 Å². The van der Waals surface area contributed by atoms with Crippen molar-refractivity contribution < 1.29 is 14.6 Å². The van der Waals surface area contributed by atoms with Crippen molar-refractivity contribution in [2.24, 2.45) is 5.73 Å². The number of carbonyl (C=O) groups excluding carboxylic acids is 1. The predicted molar refractivity (Wildman–Crippen MR) is 45.5 cm³/mol. The SMILES string of the molecule is CCCCOC(=O)C(O)CCN. The maximum Gasteiger partial charge on any atom is 0.335 e. The molecule has 0 aromatic heterocycles. The molecule has 0 aromatic carbocycles. The van der Waals surface area contributed by atoms with Crippen LogP contribution in [0.15, 0.2) is 0 Å². The van der Waals surface area contributed by atoms with Gasteiger partial charge in [0.2, 0.25) is 0 Å². The minimum atomic E-state index is -1.05. The molecular weight excluding hydrogens is 158 g/mol. The molecule has 0 aliphatic heterocycles. The molecule has 3 N–H and O–H groups in total. The van der Waals surface area contributed by atoms with Crippen molar-refractivity contribution in [1.82, 2.24) is 0 Å². The lowest BCUT2D eigenvalue weighted by Crippen LogP contribution is -2.26. The van der Waals surface area contributed by atoms with E-state index in [9.17, 15) is 4.79 Å². The van der Waals surface area contributed by atoms with Gasteiger partial charge in [0.25, 0.3) is 0 Å². The lowest BCUT2D eigenvalue weighted by atomic mass is 10.2. The number of unbranched alkanes of at least 4 members (excludes halogenated alkanes) is 1. The first-order chi connectivity index (χ1) is 5.72. The Bertz CT molecular complexity index is 127.